The van der Waals surface area contributed by atoms with Crippen molar-refractivity contribution in [1.29, 1.82) is 0 Å². The Kier molecular flexibility index (Phi) is 18.7. The molecule has 0 aromatic heterocycles. The van der Waals surface area contributed by atoms with Gasteiger partial charge in [0, 0.05) is 45.0 Å². The number of amides is 1. The molecule has 11 atom stereocenters. The quantitative estimate of drug-likeness (QED) is 0.0366. The van der Waals surface area contributed by atoms with Gasteiger partial charge >= 0.3 is 32.6 Å². The number of nitrogens with one attached hydrogen (secondary N) is 1. The van der Waals surface area contributed by atoms with Gasteiger partial charge in [-0.25, -0.2) is 14.4 Å². The topological polar surface area (TPSA) is 216 Å². The van der Waals surface area contributed by atoms with Crippen molar-refractivity contribution in [3.05, 3.63) is 119 Å². The molecule has 1 aliphatic heterocycles. The normalized spacial score (nSPS) is 28.0. The summed E-state index contributed by atoms with van der Waals surface area (Å²) in [5.74, 6) is -6.67. The molecule has 1 radical (unpaired) electrons. The largest absolute Gasteiger partial charge is 0.508 e. The van der Waals surface area contributed by atoms with Crippen molar-refractivity contribution in [3.8, 4) is 0 Å². The molecule has 1 heterocycles. The average Bonchev–Trinajstić information content (AvgIpc) is 3.58. The maximum absolute atomic E-state index is 17.0. The van der Waals surface area contributed by atoms with E-state index in [9.17, 15) is 14.4 Å². The molecule has 3 aromatic carbocycles. The van der Waals surface area contributed by atoms with Gasteiger partial charge in [0.1, 0.15) is 23.9 Å². The number of ether oxygens (including phenoxy) is 8. The van der Waals surface area contributed by atoms with Gasteiger partial charge in [-0.15, -0.1) is 0 Å². The zero-order valence-electron chi connectivity index (χ0n) is 49.0. The number of ketones is 1. The van der Waals surface area contributed by atoms with E-state index in [1.807, 2.05) is 54.6 Å². The van der Waals surface area contributed by atoms with Crippen molar-refractivity contribution in [2.24, 2.45) is 16.7 Å². The molecule has 20 heteroatoms. The van der Waals surface area contributed by atoms with Gasteiger partial charge in [-0.1, -0.05) is 108 Å². The Morgan fingerprint density at radius 3 is 1.89 bits per heavy atom. The number of methoxy groups -OCH3 is 2. The number of hydrogen-bond donors (Lipinski definition) is 1. The maximum atomic E-state index is 17.0. The van der Waals surface area contributed by atoms with Crippen LogP contribution in [0, 0.1) is 16.7 Å². The number of hydrogen-bond acceptors (Lipinski definition) is 17. The van der Waals surface area contributed by atoms with Crippen LogP contribution in [0.15, 0.2) is 102 Å². The number of fused-ring (bicyclic) bond motifs is 5. The van der Waals surface area contributed by atoms with E-state index in [1.165, 1.54) is 14.0 Å². The van der Waals surface area contributed by atoms with Gasteiger partial charge in [0.05, 0.1) is 42.8 Å². The fourth-order valence-corrected chi connectivity index (χ4v) is 17.9. The molecule has 1 saturated heterocycles. The van der Waals surface area contributed by atoms with Gasteiger partial charge < -0.3 is 56.5 Å². The van der Waals surface area contributed by atoms with Gasteiger partial charge in [0.2, 0.25) is 9.04 Å². The first kappa shape index (κ1) is 62.0. The summed E-state index contributed by atoms with van der Waals surface area (Å²) in [4.78, 5) is 90.0. The molecule has 2 saturated carbocycles. The van der Waals surface area contributed by atoms with Crippen LogP contribution < -0.4 is 5.32 Å². The number of carbonyl (C=O) groups excluding carboxylic acids is 6. The molecule has 3 fully saturated rings. The molecule has 1 amide bonds. The van der Waals surface area contributed by atoms with E-state index >= 15 is 14.4 Å². The molecule has 3 unspecified atom stereocenters. The van der Waals surface area contributed by atoms with Crippen molar-refractivity contribution >= 4 is 53.4 Å². The van der Waals surface area contributed by atoms with Crippen LogP contribution in [0.5, 0.6) is 0 Å². The Balaban J connectivity index is 1.55. The molecule has 18 nitrogen and oxygen atoms in total. The number of rotatable bonds is 20. The fourth-order valence-electron chi connectivity index (χ4n) is 13.0. The highest BCUT2D eigenvalue weighted by Gasteiger charge is 2.80. The summed E-state index contributed by atoms with van der Waals surface area (Å²) in [7, 11) is -1.22. The molecule has 4 aliphatic rings. The van der Waals surface area contributed by atoms with Crippen LogP contribution in [0.25, 0.3) is 0 Å². The van der Waals surface area contributed by atoms with E-state index in [-0.39, 0.29) is 41.7 Å². The molecular weight excluding hydrogens is 1060 g/mol. The van der Waals surface area contributed by atoms with E-state index in [1.54, 1.807) is 126 Å². The lowest BCUT2D eigenvalue weighted by atomic mass is 9.44. The van der Waals surface area contributed by atoms with Crippen LogP contribution >= 0.6 is 0 Å². The molecule has 1 N–H and O–H groups in total. The summed E-state index contributed by atoms with van der Waals surface area (Å²) in [6.45, 7) is 22.9. The van der Waals surface area contributed by atoms with Gasteiger partial charge in [-0.3, -0.25) is 14.4 Å². The van der Waals surface area contributed by atoms with Crippen molar-refractivity contribution < 1.29 is 79.9 Å². The summed E-state index contributed by atoms with van der Waals surface area (Å²) in [6, 6.07) is 24.4. The Morgan fingerprint density at radius 2 is 1.39 bits per heavy atom. The first-order chi connectivity index (χ1) is 37.6. The lowest BCUT2D eigenvalue weighted by molar-refractivity contribution is -0.342. The average molecular weight is 1140 g/mol. The maximum Gasteiger partial charge on any atom is 0.508 e. The van der Waals surface area contributed by atoms with Crippen LogP contribution in [0.2, 0.25) is 24.2 Å². The minimum Gasteiger partial charge on any atom is -0.456 e. The second kappa shape index (κ2) is 24.1. The number of Topliss-reactive ketones (excluding diaryl/α,β-unsaturated/α-hetero) is 1. The lowest BCUT2D eigenvalue weighted by Crippen LogP contribution is -2.83. The molecule has 80 heavy (non-hydrogen) atoms. The number of esters is 3. The van der Waals surface area contributed by atoms with Crippen LogP contribution in [0.3, 0.4) is 0 Å². The Labute approximate surface area is 473 Å². The zero-order valence-corrected chi connectivity index (χ0v) is 51.0. The molecule has 435 valence electrons. The summed E-state index contributed by atoms with van der Waals surface area (Å²) in [5.41, 5.74) is -5.93. The van der Waals surface area contributed by atoms with Crippen molar-refractivity contribution in [2.75, 3.05) is 27.9 Å². The zero-order chi connectivity index (χ0) is 58.9. The van der Waals surface area contributed by atoms with E-state index in [4.69, 9.17) is 51.2 Å². The van der Waals surface area contributed by atoms with Crippen LogP contribution in [-0.2, 0) is 65.6 Å². The predicted octanol–water partition coefficient (Wildman–Crippen LogP) is 9.57. The van der Waals surface area contributed by atoms with Crippen molar-refractivity contribution in [1.82, 2.24) is 5.32 Å². The smallest absolute Gasteiger partial charge is 0.456 e. The van der Waals surface area contributed by atoms with Crippen LogP contribution in [-0.4, -0.2) is 135 Å². The van der Waals surface area contributed by atoms with Gasteiger partial charge in [-0.2, -0.15) is 0 Å². The predicted molar refractivity (Wildman–Crippen MR) is 298 cm³/mol. The highest BCUT2D eigenvalue weighted by molar-refractivity contribution is 6.70. The fraction of sp³-hybridized carbons (Fsp3) is 0.567. The monoisotopic (exact) mass is 1140 g/mol. The molecular formula is C60H80NO17Si2. The minimum atomic E-state index is -3.38. The first-order valence-electron chi connectivity index (χ1n) is 27.2. The molecule has 3 aromatic rings. The van der Waals surface area contributed by atoms with Crippen molar-refractivity contribution in [2.45, 2.75) is 173 Å². The molecule has 2 bridgehead atoms. The SMILES string of the molecule is COC(=O)O[C@@]12COC1C[C@H](O[Si](OC)(C(C)C)C(C)C)[C@@]1(C)C(=O)[C@H](OC(C)=O)C3=C(C)[C@@H](OC(=O)[C@H](OC(C)(C)OC)[C@@H](NC(=O)c4ccccc4)c4ccccc4)C[C@@](O[Si](C)C)(C(OC(=O)c4ccccc4)C21)C3(C)C. The first-order valence-corrected chi connectivity index (χ1v) is 31.6. The Morgan fingerprint density at radius 1 is 0.812 bits per heavy atom. The van der Waals surface area contributed by atoms with E-state index in [0.29, 0.717) is 16.7 Å². The van der Waals surface area contributed by atoms with E-state index in [2.05, 4.69) is 5.32 Å². The van der Waals surface area contributed by atoms with Gasteiger partial charge in [0.25, 0.3) is 5.91 Å². The Bertz CT molecular complexity index is 2770. The summed E-state index contributed by atoms with van der Waals surface area (Å²) < 4.78 is 72.4. The van der Waals surface area contributed by atoms with Gasteiger partial charge in [-0.05, 0) is 92.8 Å². The summed E-state index contributed by atoms with van der Waals surface area (Å²) >= 11 is 0. The standard InChI is InChI=1S/C60H80NO17Si2/c1-35(2)80(70-14,36(3)4)77-43-32-44-59(34-71-44,76-55(67)68-12)49-51(74-53(65)41-30-24-19-25-31-41)60(78-79(15)16)33-42(37(5)45(56(60,7)8)47(72-38(6)62)50(63)58(43,49)11)73-54(66)48(75-57(9,10)69-13)46(39-26-20-17-21-27-39)61-52(64)40-28-22-18-23-29-40/h17-31,35-36,42-44,46-49,51H,32-34H2,1-16H3,(H,61,64)/t42-,43-,44?,46-,47+,48+,49?,51?,58+,59-,60+/m0/s1. The third-order valence-electron chi connectivity index (χ3n) is 17.0. The molecule has 7 rings (SSSR count). The van der Waals surface area contributed by atoms with Crippen LogP contribution in [0.1, 0.15) is 121 Å². The third kappa shape index (κ3) is 11.3. The second-order valence-corrected chi connectivity index (χ2v) is 29.7. The highest BCUT2D eigenvalue weighted by atomic mass is 28.4. The van der Waals surface area contributed by atoms with E-state index < -0.39 is 130 Å². The lowest BCUT2D eigenvalue weighted by Gasteiger charge is -2.69. The minimum absolute atomic E-state index is 0.0197. The summed E-state index contributed by atoms with van der Waals surface area (Å²) in [6.07, 6.45) is -9.84. The molecule has 0 spiro atoms. The van der Waals surface area contributed by atoms with Crippen LogP contribution in [0.4, 0.5) is 4.79 Å². The highest BCUT2D eigenvalue weighted by Crippen LogP contribution is 2.66. The third-order valence-corrected chi connectivity index (χ3v) is 22.3. The number of benzene rings is 3. The van der Waals surface area contributed by atoms with E-state index in [0.717, 1.165) is 7.11 Å². The van der Waals surface area contributed by atoms with Gasteiger partial charge in [0.15, 0.2) is 29.4 Å². The van der Waals surface area contributed by atoms with Crippen molar-refractivity contribution in [3.63, 3.8) is 0 Å². The Hall–Kier alpha value is -5.59. The molecule has 3 aliphatic carbocycles. The summed E-state index contributed by atoms with van der Waals surface area (Å²) in [5, 5.41) is 3.03. The number of carbonyl (C=O) groups is 6. The second-order valence-electron chi connectivity index (χ2n) is 23.3.